The second kappa shape index (κ2) is 5.10. The first-order valence-corrected chi connectivity index (χ1v) is 7.37. The minimum atomic E-state index is 0.596. The average Bonchev–Trinajstić information content (AvgIpc) is 3.23. The molecule has 0 spiro atoms. The molecule has 2 fully saturated rings. The van der Waals surface area contributed by atoms with Crippen molar-refractivity contribution in [1.29, 1.82) is 0 Å². The predicted molar refractivity (Wildman–Crippen MR) is 77.0 cm³/mol. The van der Waals surface area contributed by atoms with Gasteiger partial charge in [-0.25, -0.2) is 0 Å². The van der Waals surface area contributed by atoms with Crippen molar-refractivity contribution in [3.63, 3.8) is 0 Å². The fourth-order valence-corrected chi connectivity index (χ4v) is 2.67. The van der Waals surface area contributed by atoms with Gasteiger partial charge in [0.25, 0.3) is 0 Å². The summed E-state index contributed by atoms with van der Waals surface area (Å²) in [6.45, 7) is 2.96. The van der Waals surface area contributed by atoms with Gasteiger partial charge in [-0.05, 0) is 55.2 Å². The highest BCUT2D eigenvalue weighted by molar-refractivity contribution is 6.30. The van der Waals surface area contributed by atoms with Crippen molar-refractivity contribution in [3.05, 3.63) is 28.8 Å². The van der Waals surface area contributed by atoms with E-state index in [4.69, 9.17) is 17.3 Å². The maximum absolute atomic E-state index is 6.15. The predicted octanol–water partition coefficient (Wildman–Crippen LogP) is 3.43. The normalized spacial score (nSPS) is 19.0. The zero-order chi connectivity index (χ0) is 12.5. The number of benzene rings is 1. The van der Waals surface area contributed by atoms with Crippen molar-refractivity contribution in [2.75, 3.05) is 18.0 Å². The molecule has 0 saturated heterocycles. The lowest BCUT2D eigenvalue weighted by Gasteiger charge is -2.27. The molecule has 2 aliphatic rings. The number of hydrogen-bond donors (Lipinski definition) is 1. The Balaban J connectivity index is 1.83. The van der Waals surface area contributed by atoms with E-state index in [2.05, 4.69) is 17.0 Å². The molecular weight excluding hydrogens is 244 g/mol. The largest absolute Gasteiger partial charge is 0.371 e. The summed E-state index contributed by atoms with van der Waals surface area (Å²) in [4.78, 5) is 2.53. The van der Waals surface area contributed by atoms with Crippen LogP contribution in [-0.2, 0) is 6.54 Å². The molecule has 2 saturated carbocycles. The van der Waals surface area contributed by atoms with Crippen molar-refractivity contribution in [1.82, 2.24) is 0 Å². The third kappa shape index (κ3) is 2.99. The second-order valence-corrected chi connectivity index (χ2v) is 6.21. The van der Waals surface area contributed by atoms with Gasteiger partial charge in [0.1, 0.15) is 0 Å². The highest BCUT2D eigenvalue weighted by Crippen LogP contribution is 2.37. The van der Waals surface area contributed by atoms with Crippen molar-refractivity contribution < 1.29 is 0 Å². The molecule has 0 bridgehead atoms. The average molecular weight is 265 g/mol. The van der Waals surface area contributed by atoms with Crippen LogP contribution < -0.4 is 10.6 Å². The molecule has 0 radical (unpaired) electrons. The number of halogens is 1. The Morgan fingerprint density at radius 3 is 2.22 bits per heavy atom. The summed E-state index contributed by atoms with van der Waals surface area (Å²) < 4.78 is 0. The van der Waals surface area contributed by atoms with E-state index in [1.807, 2.05) is 6.07 Å². The minimum absolute atomic E-state index is 0.596. The third-order valence-electron chi connectivity index (χ3n) is 3.96. The van der Waals surface area contributed by atoms with Crippen LogP contribution in [0.15, 0.2) is 18.2 Å². The smallest absolute Gasteiger partial charge is 0.0426 e. The first-order chi connectivity index (χ1) is 8.76. The number of nitrogens with zero attached hydrogens (tertiary/aromatic N) is 1. The van der Waals surface area contributed by atoms with Crippen LogP contribution in [0, 0.1) is 11.8 Å². The number of nitrogens with two attached hydrogens (primary N) is 1. The molecule has 18 heavy (non-hydrogen) atoms. The lowest BCUT2D eigenvalue weighted by atomic mass is 10.1. The van der Waals surface area contributed by atoms with Gasteiger partial charge in [-0.15, -0.1) is 0 Å². The molecule has 0 unspecified atom stereocenters. The van der Waals surface area contributed by atoms with Gasteiger partial charge in [0.15, 0.2) is 0 Å². The summed E-state index contributed by atoms with van der Waals surface area (Å²) in [7, 11) is 0. The lowest BCUT2D eigenvalue weighted by Crippen LogP contribution is -2.29. The molecule has 1 aromatic rings. The Labute approximate surface area is 114 Å². The van der Waals surface area contributed by atoms with E-state index in [1.54, 1.807) is 0 Å². The summed E-state index contributed by atoms with van der Waals surface area (Å²) in [5, 5.41) is 0.818. The van der Waals surface area contributed by atoms with Crippen LogP contribution >= 0.6 is 11.6 Å². The third-order valence-corrected chi connectivity index (χ3v) is 4.19. The molecule has 0 atom stereocenters. The molecule has 3 rings (SSSR count). The molecule has 0 aliphatic heterocycles. The summed E-state index contributed by atoms with van der Waals surface area (Å²) in [5.41, 5.74) is 8.35. The Morgan fingerprint density at radius 2 is 1.72 bits per heavy atom. The standard InChI is InChI=1S/C15H21ClN2/c16-14-6-5-13(8-17)15(7-14)18(9-11-1-2-11)10-12-3-4-12/h5-7,11-12H,1-4,8-10,17H2. The van der Waals surface area contributed by atoms with Gasteiger partial charge >= 0.3 is 0 Å². The van der Waals surface area contributed by atoms with Crippen LogP contribution in [0.5, 0.6) is 0 Å². The zero-order valence-electron chi connectivity index (χ0n) is 10.7. The fourth-order valence-electron chi connectivity index (χ4n) is 2.50. The molecule has 98 valence electrons. The van der Waals surface area contributed by atoms with E-state index in [1.165, 1.54) is 50.0 Å². The molecule has 0 amide bonds. The molecule has 0 aromatic heterocycles. The summed E-state index contributed by atoms with van der Waals surface area (Å²) in [6.07, 6.45) is 5.55. The van der Waals surface area contributed by atoms with Crippen molar-refractivity contribution in [2.24, 2.45) is 17.6 Å². The SMILES string of the molecule is NCc1ccc(Cl)cc1N(CC1CC1)CC1CC1. The van der Waals surface area contributed by atoms with Gasteiger partial charge in [-0.1, -0.05) is 17.7 Å². The molecule has 3 heteroatoms. The Kier molecular flexibility index (Phi) is 3.49. The van der Waals surface area contributed by atoms with E-state index >= 15 is 0 Å². The first-order valence-electron chi connectivity index (χ1n) is 6.99. The highest BCUT2D eigenvalue weighted by atomic mass is 35.5. The topological polar surface area (TPSA) is 29.3 Å². The quantitative estimate of drug-likeness (QED) is 0.853. The van der Waals surface area contributed by atoms with Gasteiger partial charge in [0, 0.05) is 30.3 Å². The molecule has 2 nitrogen and oxygen atoms in total. The maximum Gasteiger partial charge on any atom is 0.0426 e. The van der Waals surface area contributed by atoms with Crippen molar-refractivity contribution in [3.8, 4) is 0 Å². The van der Waals surface area contributed by atoms with E-state index < -0.39 is 0 Å². The van der Waals surface area contributed by atoms with Gasteiger partial charge in [0.2, 0.25) is 0 Å². The summed E-state index contributed by atoms with van der Waals surface area (Å²) >= 11 is 6.15. The van der Waals surface area contributed by atoms with Gasteiger partial charge in [0.05, 0.1) is 0 Å². The molecule has 0 heterocycles. The van der Waals surface area contributed by atoms with E-state index in [-0.39, 0.29) is 0 Å². The van der Waals surface area contributed by atoms with Crippen molar-refractivity contribution >= 4 is 17.3 Å². The zero-order valence-corrected chi connectivity index (χ0v) is 11.5. The number of anilines is 1. The van der Waals surface area contributed by atoms with Gasteiger partial charge < -0.3 is 10.6 Å². The number of rotatable bonds is 6. The van der Waals surface area contributed by atoms with Crippen LogP contribution in [-0.4, -0.2) is 13.1 Å². The van der Waals surface area contributed by atoms with E-state index in [9.17, 15) is 0 Å². The Morgan fingerprint density at radius 1 is 1.11 bits per heavy atom. The van der Waals surface area contributed by atoms with Gasteiger partial charge in [-0.3, -0.25) is 0 Å². The van der Waals surface area contributed by atoms with Crippen molar-refractivity contribution in [2.45, 2.75) is 32.2 Å². The number of hydrogen-bond acceptors (Lipinski definition) is 2. The Hall–Kier alpha value is -0.730. The minimum Gasteiger partial charge on any atom is -0.371 e. The first kappa shape index (κ1) is 12.3. The van der Waals surface area contributed by atoms with Gasteiger partial charge in [-0.2, -0.15) is 0 Å². The monoisotopic (exact) mass is 264 g/mol. The van der Waals surface area contributed by atoms with E-state index in [0.717, 1.165) is 16.9 Å². The lowest BCUT2D eigenvalue weighted by molar-refractivity contribution is 0.676. The van der Waals surface area contributed by atoms with Crippen LogP contribution in [0.3, 0.4) is 0 Å². The highest BCUT2D eigenvalue weighted by Gasteiger charge is 2.30. The fraction of sp³-hybridized carbons (Fsp3) is 0.600. The molecular formula is C15H21ClN2. The van der Waals surface area contributed by atoms with E-state index in [0.29, 0.717) is 6.54 Å². The van der Waals surface area contributed by atoms with Crippen LogP contribution in [0.25, 0.3) is 0 Å². The maximum atomic E-state index is 6.15. The molecule has 2 N–H and O–H groups in total. The van der Waals surface area contributed by atoms with Crippen LogP contribution in [0.4, 0.5) is 5.69 Å². The Bertz CT molecular complexity index is 411. The van der Waals surface area contributed by atoms with Crippen LogP contribution in [0.2, 0.25) is 5.02 Å². The summed E-state index contributed by atoms with van der Waals surface area (Å²) in [6, 6.07) is 6.11. The molecule has 1 aromatic carbocycles. The molecule has 2 aliphatic carbocycles. The second-order valence-electron chi connectivity index (χ2n) is 5.77. The van der Waals surface area contributed by atoms with Crippen LogP contribution in [0.1, 0.15) is 31.2 Å². The summed E-state index contributed by atoms with van der Waals surface area (Å²) in [5.74, 6) is 1.79.